The lowest BCUT2D eigenvalue weighted by molar-refractivity contribution is -0.120. The average Bonchev–Trinajstić information content (AvgIpc) is 3.12. The van der Waals surface area contributed by atoms with Crippen LogP contribution >= 0.6 is 0 Å². The van der Waals surface area contributed by atoms with E-state index in [1.165, 1.54) is 0 Å². The number of hydrogen-bond acceptors (Lipinski definition) is 4. The second kappa shape index (κ2) is 6.51. The summed E-state index contributed by atoms with van der Waals surface area (Å²) in [5.74, 6) is 0.191. The fraction of sp³-hybridized carbons (Fsp3) is 0.250. The van der Waals surface area contributed by atoms with E-state index in [1.54, 1.807) is 24.6 Å². The molecule has 1 amide bonds. The van der Waals surface area contributed by atoms with Gasteiger partial charge in [-0.1, -0.05) is 12.1 Å². The smallest absolute Gasteiger partial charge is 0.251 e. The molecule has 126 valence electrons. The Morgan fingerprint density at radius 1 is 1.08 bits per heavy atom. The third kappa shape index (κ3) is 3.18. The second-order valence-corrected chi connectivity index (χ2v) is 6.36. The van der Waals surface area contributed by atoms with E-state index in [1.807, 2.05) is 24.3 Å². The number of furan rings is 1. The molecule has 0 spiro atoms. The molecule has 0 atom stereocenters. The molecule has 1 aliphatic rings. The van der Waals surface area contributed by atoms with Crippen LogP contribution in [0.2, 0.25) is 0 Å². The number of benzene rings is 1. The number of carbonyl (C=O) groups is 2. The number of hydrogen-bond donors (Lipinski definition) is 1. The third-order valence-corrected chi connectivity index (χ3v) is 4.68. The minimum atomic E-state index is -0.0969. The van der Waals surface area contributed by atoms with Crippen LogP contribution in [0.4, 0.5) is 0 Å². The van der Waals surface area contributed by atoms with E-state index in [9.17, 15) is 9.59 Å². The summed E-state index contributed by atoms with van der Waals surface area (Å²) in [6.07, 6.45) is 5.94. The maximum atomic E-state index is 12.4. The van der Waals surface area contributed by atoms with E-state index in [4.69, 9.17) is 4.42 Å². The van der Waals surface area contributed by atoms with Crippen molar-refractivity contribution in [1.82, 2.24) is 10.3 Å². The summed E-state index contributed by atoms with van der Waals surface area (Å²) in [5.41, 5.74) is 3.18. The molecule has 0 bridgehead atoms. The van der Waals surface area contributed by atoms with Crippen molar-refractivity contribution >= 4 is 22.7 Å². The van der Waals surface area contributed by atoms with Gasteiger partial charge in [-0.2, -0.15) is 0 Å². The monoisotopic (exact) mass is 334 g/mol. The van der Waals surface area contributed by atoms with Crippen LogP contribution in [0.3, 0.4) is 0 Å². The molecule has 1 fully saturated rings. The highest BCUT2D eigenvalue weighted by atomic mass is 16.3. The van der Waals surface area contributed by atoms with Crippen LogP contribution in [0.1, 0.15) is 36.0 Å². The van der Waals surface area contributed by atoms with Gasteiger partial charge in [0.2, 0.25) is 0 Å². The van der Waals surface area contributed by atoms with Crippen molar-refractivity contribution in [2.24, 2.45) is 0 Å². The number of aromatic nitrogens is 1. The number of fused-ring (bicyclic) bond motifs is 1. The molecule has 0 radical (unpaired) electrons. The quantitative estimate of drug-likeness (QED) is 0.792. The van der Waals surface area contributed by atoms with E-state index >= 15 is 0 Å². The van der Waals surface area contributed by atoms with Gasteiger partial charge in [0.05, 0.1) is 12.0 Å². The molecule has 5 nitrogen and oxygen atoms in total. The molecule has 0 unspecified atom stereocenters. The van der Waals surface area contributed by atoms with E-state index in [0.29, 0.717) is 18.4 Å². The molecule has 1 saturated carbocycles. The maximum absolute atomic E-state index is 12.4. The van der Waals surface area contributed by atoms with Crippen LogP contribution in [0.5, 0.6) is 0 Å². The molecule has 5 heteroatoms. The second-order valence-electron chi connectivity index (χ2n) is 6.36. The topological polar surface area (TPSA) is 72.2 Å². The van der Waals surface area contributed by atoms with Crippen LogP contribution in [0.15, 0.2) is 53.3 Å². The Hall–Kier alpha value is -2.95. The minimum Gasteiger partial charge on any atom is -0.464 e. The number of ketones is 1. The van der Waals surface area contributed by atoms with Gasteiger partial charge in [-0.15, -0.1) is 0 Å². The van der Waals surface area contributed by atoms with Gasteiger partial charge in [0, 0.05) is 41.6 Å². The average molecular weight is 334 g/mol. The summed E-state index contributed by atoms with van der Waals surface area (Å²) in [4.78, 5) is 28.1. The molecule has 3 aromatic rings. The highest BCUT2D eigenvalue weighted by molar-refractivity contribution is 5.96. The van der Waals surface area contributed by atoms with Crippen molar-refractivity contribution in [1.29, 1.82) is 0 Å². The van der Waals surface area contributed by atoms with Crippen molar-refractivity contribution in [2.45, 2.75) is 31.7 Å². The third-order valence-electron chi connectivity index (χ3n) is 4.68. The SMILES string of the molecule is O=C1CCC(NC(=O)c2ccc(-c3nccc4occc34)cc2)CC1. The fourth-order valence-electron chi connectivity index (χ4n) is 3.26. The van der Waals surface area contributed by atoms with Crippen molar-refractivity contribution in [3.63, 3.8) is 0 Å². The lowest BCUT2D eigenvalue weighted by atomic mass is 9.94. The van der Waals surface area contributed by atoms with Crippen molar-refractivity contribution < 1.29 is 14.0 Å². The predicted octanol–water partition coefficient (Wildman–Crippen LogP) is 3.74. The Bertz CT molecular complexity index is 918. The predicted molar refractivity (Wildman–Crippen MR) is 94.2 cm³/mol. The van der Waals surface area contributed by atoms with E-state index < -0.39 is 0 Å². The first kappa shape index (κ1) is 15.6. The van der Waals surface area contributed by atoms with Crippen LogP contribution in [0.25, 0.3) is 22.2 Å². The van der Waals surface area contributed by atoms with Crippen molar-refractivity contribution in [2.75, 3.05) is 0 Å². The van der Waals surface area contributed by atoms with Crippen LogP contribution in [-0.4, -0.2) is 22.7 Å². The van der Waals surface area contributed by atoms with Gasteiger partial charge in [0.25, 0.3) is 5.91 Å². The van der Waals surface area contributed by atoms with E-state index in [2.05, 4.69) is 10.3 Å². The Morgan fingerprint density at radius 3 is 2.60 bits per heavy atom. The molecule has 1 aliphatic carbocycles. The van der Waals surface area contributed by atoms with Crippen molar-refractivity contribution in [3.8, 4) is 11.3 Å². The highest BCUT2D eigenvalue weighted by Gasteiger charge is 2.20. The fourth-order valence-corrected chi connectivity index (χ4v) is 3.26. The summed E-state index contributed by atoms with van der Waals surface area (Å²) >= 11 is 0. The Labute approximate surface area is 145 Å². The zero-order valence-corrected chi connectivity index (χ0v) is 13.7. The summed E-state index contributed by atoms with van der Waals surface area (Å²) in [6.45, 7) is 0. The molecule has 1 aromatic carbocycles. The lowest BCUT2D eigenvalue weighted by Crippen LogP contribution is -2.37. The summed E-state index contributed by atoms with van der Waals surface area (Å²) in [5, 5.41) is 3.97. The molecule has 2 heterocycles. The van der Waals surface area contributed by atoms with Crippen LogP contribution in [-0.2, 0) is 4.79 Å². The highest BCUT2D eigenvalue weighted by Crippen LogP contribution is 2.27. The van der Waals surface area contributed by atoms with Gasteiger partial charge in [-0.05, 0) is 37.1 Å². The van der Waals surface area contributed by atoms with Crippen LogP contribution in [0, 0.1) is 0 Å². The van der Waals surface area contributed by atoms with Gasteiger partial charge in [-0.25, -0.2) is 0 Å². The normalized spacial score (nSPS) is 15.4. The molecule has 4 rings (SSSR count). The zero-order chi connectivity index (χ0) is 17.2. The largest absolute Gasteiger partial charge is 0.464 e. The summed E-state index contributed by atoms with van der Waals surface area (Å²) in [7, 11) is 0. The first-order valence-electron chi connectivity index (χ1n) is 8.46. The zero-order valence-electron chi connectivity index (χ0n) is 13.7. The molecule has 0 saturated heterocycles. The number of nitrogens with one attached hydrogen (secondary N) is 1. The minimum absolute atomic E-state index is 0.0891. The number of amides is 1. The summed E-state index contributed by atoms with van der Waals surface area (Å²) < 4.78 is 5.41. The Kier molecular flexibility index (Phi) is 4.06. The van der Waals surface area contributed by atoms with E-state index in [0.717, 1.165) is 35.1 Å². The Balaban J connectivity index is 1.51. The molecule has 25 heavy (non-hydrogen) atoms. The van der Waals surface area contributed by atoms with Crippen molar-refractivity contribution in [3.05, 3.63) is 54.4 Å². The Morgan fingerprint density at radius 2 is 1.84 bits per heavy atom. The number of Topliss-reactive ketones (excluding diaryl/α,β-unsaturated/α-hetero) is 1. The molecule has 2 aromatic heterocycles. The number of nitrogens with zero attached hydrogens (tertiary/aromatic N) is 1. The van der Waals surface area contributed by atoms with Gasteiger partial charge in [0.15, 0.2) is 0 Å². The lowest BCUT2D eigenvalue weighted by Gasteiger charge is -2.22. The summed E-state index contributed by atoms with van der Waals surface area (Å²) in [6, 6.07) is 11.2. The maximum Gasteiger partial charge on any atom is 0.251 e. The first-order chi connectivity index (χ1) is 12.2. The molecular weight excluding hydrogens is 316 g/mol. The van der Waals surface area contributed by atoms with Crippen LogP contribution < -0.4 is 5.32 Å². The van der Waals surface area contributed by atoms with Gasteiger partial charge >= 0.3 is 0 Å². The van der Waals surface area contributed by atoms with E-state index in [-0.39, 0.29) is 17.7 Å². The number of pyridine rings is 1. The van der Waals surface area contributed by atoms with Gasteiger partial charge in [0.1, 0.15) is 11.4 Å². The van der Waals surface area contributed by atoms with Gasteiger partial charge in [-0.3, -0.25) is 14.6 Å². The van der Waals surface area contributed by atoms with Gasteiger partial charge < -0.3 is 9.73 Å². The first-order valence-corrected chi connectivity index (χ1v) is 8.46. The standard InChI is InChI=1S/C20H18N2O3/c23-16-7-5-15(6-8-16)22-20(24)14-3-1-13(2-4-14)19-17-10-12-25-18(17)9-11-21-19/h1-4,9-12,15H,5-8H2,(H,22,24). The molecule has 0 aliphatic heterocycles. The molecular formula is C20H18N2O3. The number of carbonyl (C=O) groups excluding carboxylic acids is 2. The number of rotatable bonds is 3. The molecule has 1 N–H and O–H groups in total.